The van der Waals surface area contributed by atoms with E-state index in [0.717, 1.165) is 37.9 Å². The minimum Gasteiger partial charge on any atom is -0.465 e. The van der Waals surface area contributed by atoms with Gasteiger partial charge < -0.3 is 9.64 Å². The van der Waals surface area contributed by atoms with Gasteiger partial charge in [0.2, 0.25) is 0 Å². The molecular weight excluding hydrogens is 459 g/mol. The van der Waals surface area contributed by atoms with Crippen molar-refractivity contribution in [3.05, 3.63) is 65.2 Å². The van der Waals surface area contributed by atoms with Crippen molar-refractivity contribution in [2.24, 2.45) is 0 Å². The summed E-state index contributed by atoms with van der Waals surface area (Å²) in [5.74, 6) is -1.08. The lowest BCUT2D eigenvalue weighted by atomic mass is 10.0. The number of aromatic nitrogens is 3. The van der Waals surface area contributed by atoms with Crippen LogP contribution in [0.15, 0.2) is 42.5 Å². The molecule has 1 amide bonds. The molecule has 36 heavy (non-hydrogen) atoms. The van der Waals surface area contributed by atoms with Gasteiger partial charge in [0.25, 0.3) is 5.91 Å². The van der Waals surface area contributed by atoms with Crippen LogP contribution in [0.2, 0.25) is 0 Å². The Labute approximate surface area is 208 Å². The Morgan fingerprint density at radius 2 is 1.92 bits per heavy atom. The molecule has 2 aromatic heterocycles. The predicted molar refractivity (Wildman–Crippen MR) is 136 cm³/mol. The van der Waals surface area contributed by atoms with E-state index in [9.17, 15) is 9.59 Å². The van der Waals surface area contributed by atoms with E-state index in [1.807, 2.05) is 11.8 Å². The van der Waals surface area contributed by atoms with E-state index < -0.39 is 11.8 Å². The van der Waals surface area contributed by atoms with E-state index in [-0.39, 0.29) is 17.5 Å². The van der Waals surface area contributed by atoms with Crippen LogP contribution >= 0.6 is 0 Å². The van der Waals surface area contributed by atoms with Crippen molar-refractivity contribution in [2.75, 3.05) is 13.7 Å². The van der Waals surface area contributed by atoms with Gasteiger partial charge in [0, 0.05) is 35.3 Å². The van der Waals surface area contributed by atoms with Crippen molar-refractivity contribution in [1.29, 1.82) is 0 Å². The number of nitrogens with zero attached hydrogens (tertiary/aromatic N) is 4. The first-order valence-electron chi connectivity index (χ1n) is 12.4. The minimum absolute atomic E-state index is 0.0726. The number of aryl methyl sites for hydroxylation is 1. The number of ether oxygens (including phenoxy) is 1. The van der Waals surface area contributed by atoms with Gasteiger partial charge in [-0.1, -0.05) is 31.9 Å². The van der Waals surface area contributed by atoms with Crippen LogP contribution in [0.4, 0.5) is 4.39 Å². The zero-order valence-corrected chi connectivity index (χ0v) is 20.8. The lowest BCUT2D eigenvalue weighted by molar-refractivity contribution is 0.0600. The van der Waals surface area contributed by atoms with Gasteiger partial charge in [-0.3, -0.25) is 4.79 Å². The van der Waals surface area contributed by atoms with E-state index in [1.165, 1.54) is 13.2 Å². The maximum Gasteiger partial charge on any atom is 0.337 e. The molecule has 7 nitrogen and oxygen atoms in total. The van der Waals surface area contributed by atoms with Crippen LogP contribution in [0.5, 0.6) is 0 Å². The van der Waals surface area contributed by atoms with Crippen molar-refractivity contribution in [3.63, 3.8) is 0 Å². The van der Waals surface area contributed by atoms with Crippen LogP contribution in [-0.4, -0.2) is 51.1 Å². The highest BCUT2D eigenvalue weighted by Gasteiger charge is 2.25. The average Bonchev–Trinajstić information content (AvgIpc) is 3.21. The average molecular weight is 489 g/mol. The van der Waals surface area contributed by atoms with E-state index in [4.69, 9.17) is 4.74 Å². The molecule has 1 saturated heterocycles. The smallest absolute Gasteiger partial charge is 0.337 e. The number of hydrogen-bond acceptors (Lipinski definition) is 5. The summed E-state index contributed by atoms with van der Waals surface area (Å²) in [6.07, 6.45) is 4.88. The molecule has 0 aliphatic carbocycles. The highest BCUT2D eigenvalue weighted by atomic mass is 19.1. The molecule has 0 spiro atoms. The van der Waals surface area contributed by atoms with Crippen molar-refractivity contribution in [1.82, 2.24) is 19.5 Å². The molecule has 0 unspecified atom stereocenters. The molecule has 4 aromatic rings. The zero-order chi connectivity index (χ0) is 25.4. The molecule has 0 N–H and O–H groups in total. The maximum atomic E-state index is 15.7. The van der Waals surface area contributed by atoms with Crippen LogP contribution < -0.4 is 0 Å². The fourth-order valence-electron chi connectivity index (χ4n) is 4.98. The third kappa shape index (κ3) is 4.21. The standard InChI is InChI=1S/C28H29FN4O3/c1-4-20-15-24(27(34)32-13-7-5-6-8-17(32)2)30-25-16-23(31-33(20)25)21-12-11-18-9-10-19(28(35)36-3)14-22(18)26(21)29/h9-12,14-17H,4-8,13H2,1-3H3/t17-/m1/s1. The van der Waals surface area contributed by atoms with Crippen LogP contribution in [0.1, 0.15) is 66.1 Å². The summed E-state index contributed by atoms with van der Waals surface area (Å²) in [7, 11) is 1.29. The number of likely N-dealkylation sites (tertiary alicyclic amines) is 1. The number of carbonyl (C=O) groups is 2. The number of fused-ring (bicyclic) bond motifs is 2. The molecular formula is C28H29FN4O3. The summed E-state index contributed by atoms with van der Waals surface area (Å²) in [5, 5.41) is 5.61. The Bertz CT molecular complexity index is 1480. The maximum absolute atomic E-state index is 15.7. The number of hydrogen-bond donors (Lipinski definition) is 0. The molecule has 1 fully saturated rings. The predicted octanol–water partition coefficient (Wildman–Crippen LogP) is 5.44. The van der Waals surface area contributed by atoms with Gasteiger partial charge in [0.15, 0.2) is 5.65 Å². The topological polar surface area (TPSA) is 76.8 Å². The molecule has 3 heterocycles. The first-order chi connectivity index (χ1) is 17.4. The second-order valence-electron chi connectivity index (χ2n) is 9.34. The summed E-state index contributed by atoms with van der Waals surface area (Å²) in [4.78, 5) is 31.9. The van der Waals surface area contributed by atoms with Gasteiger partial charge in [-0.15, -0.1) is 0 Å². The molecule has 0 bridgehead atoms. The van der Waals surface area contributed by atoms with Gasteiger partial charge in [-0.05, 0) is 55.8 Å². The highest BCUT2D eigenvalue weighted by molar-refractivity contribution is 5.97. The summed E-state index contributed by atoms with van der Waals surface area (Å²) in [5.41, 5.74) is 2.70. The first kappa shape index (κ1) is 23.9. The van der Waals surface area contributed by atoms with Gasteiger partial charge in [-0.25, -0.2) is 18.7 Å². The van der Waals surface area contributed by atoms with Crippen LogP contribution in [-0.2, 0) is 11.2 Å². The SMILES string of the molecule is CCc1cc(C(=O)N2CCCCC[C@H]2C)nc2cc(-c3ccc4ccc(C(=O)OC)cc4c3F)nn12. The molecule has 1 atom stereocenters. The highest BCUT2D eigenvalue weighted by Crippen LogP contribution is 2.30. The Morgan fingerprint density at radius 3 is 2.69 bits per heavy atom. The summed E-state index contributed by atoms with van der Waals surface area (Å²) >= 11 is 0. The fraction of sp³-hybridized carbons (Fsp3) is 0.357. The third-order valence-electron chi connectivity index (χ3n) is 7.05. The largest absolute Gasteiger partial charge is 0.465 e. The second-order valence-corrected chi connectivity index (χ2v) is 9.34. The molecule has 1 aliphatic heterocycles. The molecule has 186 valence electrons. The van der Waals surface area contributed by atoms with Crippen molar-refractivity contribution >= 4 is 28.3 Å². The minimum atomic E-state index is -0.526. The normalized spacial score (nSPS) is 16.3. The number of esters is 1. The van der Waals surface area contributed by atoms with Gasteiger partial charge >= 0.3 is 5.97 Å². The first-order valence-corrected chi connectivity index (χ1v) is 12.4. The van der Waals surface area contributed by atoms with E-state index in [1.54, 1.807) is 40.9 Å². The molecule has 0 radical (unpaired) electrons. The number of methoxy groups -OCH3 is 1. The number of halogens is 1. The van der Waals surface area contributed by atoms with E-state index >= 15 is 4.39 Å². The van der Waals surface area contributed by atoms with Crippen LogP contribution in [0.3, 0.4) is 0 Å². The molecule has 8 heteroatoms. The van der Waals surface area contributed by atoms with Gasteiger partial charge in [-0.2, -0.15) is 5.10 Å². The van der Waals surface area contributed by atoms with E-state index in [2.05, 4.69) is 17.0 Å². The van der Waals surface area contributed by atoms with E-state index in [0.29, 0.717) is 39.8 Å². The Morgan fingerprint density at radius 1 is 1.11 bits per heavy atom. The summed E-state index contributed by atoms with van der Waals surface area (Å²) < 4.78 is 22.1. The lowest BCUT2D eigenvalue weighted by Gasteiger charge is -2.27. The van der Waals surface area contributed by atoms with Crippen molar-refractivity contribution in [3.8, 4) is 11.3 Å². The summed E-state index contributed by atoms with van der Waals surface area (Å²) in [6.45, 7) is 4.81. The zero-order valence-electron chi connectivity index (χ0n) is 20.8. The Hall–Kier alpha value is -3.81. The Balaban J connectivity index is 1.58. The van der Waals surface area contributed by atoms with Crippen molar-refractivity contribution in [2.45, 2.75) is 52.0 Å². The fourth-order valence-corrected chi connectivity index (χ4v) is 4.98. The number of amides is 1. The molecule has 1 aliphatic rings. The van der Waals surface area contributed by atoms with Crippen LogP contribution in [0.25, 0.3) is 27.7 Å². The summed E-state index contributed by atoms with van der Waals surface area (Å²) in [6, 6.07) is 11.9. The molecule has 2 aromatic carbocycles. The molecule has 0 saturated carbocycles. The third-order valence-corrected chi connectivity index (χ3v) is 7.05. The lowest BCUT2D eigenvalue weighted by Crippen LogP contribution is -2.38. The quantitative estimate of drug-likeness (QED) is 0.358. The number of rotatable bonds is 4. The monoisotopic (exact) mass is 488 g/mol. The Kier molecular flexibility index (Phi) is 6.43. The van der Waals surface area contributed by atoms with Gasteiger partial charge in [0.1, 0.15) is 11.5 Å². The number of benzene rings is 2. The number of carbonyl (C=O) groups excluding carboxylic acids is 2. The van der Waals surface area contributed by atoms with Crippen molar-refractivity contribution < 1.29 is 18.7 Å². The molecule has 5 rings (SSSR count). The van der Waals surface area contributed by atoms with Gasteiger partial charge in [0.05, 0.1) is 18.4 Å². The van der Waals surface area contributed by atoms with Crippen LogP contribution in [0, 0.1) is 5.82 Å². The second kappa shape index (κ2) is 9.68.